The first-order chi connectivity index (χ1) is 9.16. The van der Waals surface area contributed by atoms with E-state index in [0.29, 0.717) is 30.1 Å². The molecule has 1 aromatic carbocycles. The zero-order chi connectivity index (χ0) is 15.5. The van der Waals surface area contributed by atoms with Gasteiger partial charge < -0.3 is 4.90 Å². The van der Waals surface area contributed by atoms with Crippen molar-refractivity contribution in [1.29, 1.82) is 0 Å². The molecule has 5 nitrogen and oxygen atoms in total. The lowest BCUT2D eigenvalue weighted by molar-refractivity contribution is 0.0745. The summed E-state index contributed by atoms with van der Waals surface area (Å²) in [4.78, 5) is 14.2. The van der Waals surface area contributed by atoms with Crippen LogP contribution in [0.25, 0.3) is 0 Å². The third-order valence-corrected chi connectivity index (χ3v) is 3.92. The quantitative estimate of drug-likeness (QED) is 0.899. The minimum atomic E-state index is -3.74. The Labute approximate surface area is 120 Å². The van der Waals surface area contributed by atoms with E-state index in [4.69, 9.17) is 5.14 Å². The molecule has 0 unspecified atom stereocenters. The molecule has 0 saturated heterocycles. The molecule has 0 aromatic heterocycles. The van der Waals surface area contributed by atoms with Crippen molar-refractivity contribution in [3.63, 3.8) is 0 Å². The number of sulfonamides is 1. The monoisotopic (exact) mass is 298 g/mol. The summed E-state index contributed by atoms with van der Waals surface area (Å²) in [6.07, 6.45) is 0. The van der Waals surface area contributed by atoms with Crippen molar-refractivity contribution in [3.05, 3.63) is 29.3 Å². The lowest BCUT2D eigenvalue weighted by Crippen LogP contribution is -2.34. The number of nitrogens with two attached hydrogens (primary N) is 1. The predicted octanol–water partition coefficient (Wildman–Crippen LogP) is 1.76. The number of primary sulfonamides is 1. The van der Waals surface area contributed by atoms with Crippen molar-refractivity contribution in [1.82, 2.24) is 4.90 Å². The van der Waals surface area contributed by atoms with Gasteiger partial charge in [0.05, 0.1) is 4.90 Å². The summed E-state index contributed by atoms with van der Waals surface area (Å²) in [5, 5.41) is 5.08. The maximum absolute atomic E-state index is 12.4. The van der Waals surface area contributed by atoms with Crippen molar-refractivity contribution in [2.45, 2.75) is 32.6 Å². The fourth-order valence-electron chi connectivity index (χ4n) is 2.02. The summed E-state index contributed by atoms with van der Waals surface area (Å²) in [6, 6.07) is 4.34. The van der Waals surface area contributed by atoms with Crippen LogP contribution < -0.4 is 5.14 Å². The fourth-order valence-corrected chi connectivity index (χ4v) is 2.62. The van der Waals surface area contributed by atoms with Crippen LogP contribution in [0.2, 0.25) is 0 Å². The van der Waals surface area contributed by atoms with E-state index in [0.717, 1.165) is 0 Å². The summed E-state index contributed by atoms with van der Waals surface area (Å²) < 4.78 is 22.6. The van der Waals surface area contributed by atoms with Crippen LogP contribution in [0, 0.1) is 12.8 Å². The van der Waals surface area contributed by atoms with Gasteiger partial charge in [0.25, 0.3) is 5.91 Å². The average molecular weight is 298 g/mol. The Bertz CT molecular complexity index is 594. The van der Waals surface area contributed by atoms with Gasteiger partial charge in [-0.25, -0.2) is 13.6 Å². The largest absolute Gasteiger partial charge is 0.339 e. The molecule has 0 bridgehead atoms. The SMILES string of the molecule is CCN(CC(C)C)C(=O)c1ccc(S(N)(=O)=O)cc1C. The van der Waals surface area contributed by atoms with E-state index in [1.165, 1.54) is 18.2 Å². The molecule has 0 aliphatic heterocycles. The normalized spacial score (nSPS) is 11.7. The molecule has 1 aromatic rings. The Balaban J connectivity index is 3.11. The first-order valence-corrected chi connectivity index (χ1v) is 8.14. The van der Waals surface area contributed by atoms with Gasteiger partial charge in [0.2, 0.25) is 10.0 Å². The Morgan fingerprint density at radius 3 is 2.35 bits per heavy atom. The Hall–Kier alpha value is -1.40. The van der Waals surface area contributed by atoms with Crippen molar-refractivity contribution < 1.29 is 13.2 Å². The van der Waals surface area contributed by atoms with Crippen LogP contribution in [0.15, 0.2) is 23.1 Å². The van der Waals surface area contributed by atoms with Crippen molar-refractivity contribution in [2.24, 2.45) is 11.1 Å². The molecule has 0 aliphatic carbocycles. The van der Waals surface area contributed by atoms with E-state index >= 15 is 0 Å². The van der Waals surface area contributed by atoms with Crippen LogP contribution in [0.5, 0.6) is 0 Å². The zero-order valence-electron chi connectivity index (χ0n) is 12.4. The second-order valence-corrected chi connectivity index (χ2v) is 6.82. The number of aryl methyl sites for hydroxylation is 1. The molecule has 0 saturated carbocycles. The Kier molecular flexibility index (Phi) is 5.30. The van der Waals surface area contributed by atoms with Gasteiger partial charge in [-0.05, 0) is 43.5 Å². The molecule has 0 fully saturated rings. The molecule has 0 atom stereocenters. The molecule has 0 radical (unpaired) electrons. The molecule has 0 heterocycles. The topological polar surface area (TPSA) is 80.5 Å². The standard InChI is InChI=1S/C14H22N2O3S/c1-5-16(9-10(2)3)14(17)13-7-6-12(8-11(13)4)20(15,18)19/h6-8,10H,5,9H2,1-4H3,(H2,15,18,19). The van der Waals surface area contributed by atoms with Crippen molar-refractivity contribution in [3.8, 4) is 0 Å². The third-order valence-electron chi connectivity index (χ3n) is 3.01. The molecule has 112 valence electrons. The molecule has 2 N–H and O–H groups in total. The summed E-state index contributed by atoms with van der Waals surface area (Å²) >= 11 is 0. The highest BCUT2D eigenvalue weighted by Crippen LogP contribution is 2.17. The van der Waals surface area contributed by atoms with Gasteiger partial charge in [-0.3, -0.25) is 4.79 Å². The smallest absolute Gasteiger partial charge is 0.254 e. The number of hydrogen-bond acceptors (Lipinski definition) is 3. The highest BCUT2D eigenvalue weighted by Gasteiger charge is 2.18. The van der Waals surface area contributed by atoms with Crippen LogP contribution >= 0.6 is 0 Å². The number of rotatable bonds is 5. The van der Waals surface area contributed by atoms with Gasteiger partial charge in [0, 0.05) is 18.7 Å². The van der Waals surface area contributed by atoms with E-state index < -0.39 is 10.0 Å². The minimum absolute atomic E-state index is 0.0264. The maximum Gasteiger partial charge on any atom is 0.254 e. The van der Waals surface area contributed by atoms with Gasteiger partial charge in [0.15, 0.2) is 0 Å². The van der Waals surface area contributed by atoms with Crippen LogP contribution in [0.4, 0.5) is 0 Å². The maximum atomic E-state index is 12.4. The van der Waals surface area contributed by atoms with Gasteiger partial charge >= 0.3 is 0 Å². The van der Waals surface area contributed by atoms with Gasteiger partial charge in [-0.15, -0.1) is 0 Å². The van der Waals surface area contributed by atoms with E-state index in [1.807, 2.05) is 20.8 Å². The number of nitrogens with zero attached hydrogens (tertiary/aromatic N) is 1. The molecule has 1 rings (SSSR count). The second-order valence-electron chi connectivity index (χ2n) is 5.26. The van der Waals surface area contributed by atoms with Crippen LogP contribution in [-0.2, 0) is 10.0 Å². The number of benzene rings is 1. The molecule has 6 heteroatoms. The van der Waals surface area contributed by atoms with E-state index in [1.54, 1.807) is 11.8 Å². The lowest BCUT2D eigenvalue weighted by atomic mass is 10.1. The second kappa shape index (κ2) is 6.37. The molecule has 1 amide bonds. The summed E-state index contributed by atoms with van der Waals surface area (Å²) in [5.41, 5.74) is 1.13. The number of amides is 1. The van der Waals surface area contributed by atoms with E-state index in [-0.39, 0.29) is 10.8 Å². The Morgan fingerprint density at radius 1 is 1.35 bits per heavy atom. The first kappa shape index (κ1) is 16.7. The lowest BCUT2D eigenvalue weighted by Gasteiger charge is -2.23. The first-order valence-electron chi connectivity index (χ1n) is 6.59. The highest BCUT2D eigenvalue weighted by atomic mass is 32.2. The van der Waals surface area contributed by atoms with Crippen molar-refractivity contribution >= 4 is 15.9 Å². The van der Waals surface area contributed by atoms with Crippen LogP contribution in [0.3, 0.4) is 0 Å². The number of hydrogen-bond donors (Lipinski definition) is 1. The summed E-state index contributed by atoms with van der Waals surface area (Å²) in [5.74, 6) is 0.294. The van der Waals surface area contributed by atoms with Crippen molar-refractivity contribution in [2.75, 3.05) is 13.1 Å². The average Bonchev–Trinajstić information content (AvgIpc) is 2.33. The minimum Gasteiger partial charge on any atom is -0.339 e. The van der Waals surface area contributed by atoms with E-state index in [9.17, 15) is 13.2 Å². The molecule has 0 aliphatic rings. The highest BCUT2D eigenvalue weighted by molar-refractivity contribution is 7.89. The predicted molar refractivity (Wildman–Crippen MR) is 79.0 cm³/mol. The van der Waals surface area contributed by atoms with E-state index in [2.05, 4.69) is 0 Å². The Morgan fingerprint density at radius 2 is 1.95 bits per heavy atom. The zero-order valence-corrected chi connectivity index (χ0v) is 13.2. The molecular formula is C14H22N2O3S. The van der Waals surface area contributed by atoms with Gasteiger partial charge in [-0.2, -0.15) is 0 Å². The molecular weight excluding hydrogens is 276 g/mol. The van der Waals surface area contributed by atoms with Crippen LogP contribution in [-0.4, -0.2) is 32.3 Å². The molecule has 0 spiro atoms. The van der Waals surface area contributed by atoms with Crippen LogP contribution in [0.1, 0.15) is 36.7 Å². The summed E-state index contributed by atoms with van der Waals surface area (Å²) in [7, 11) is -3.74. The van der Waals surface area contributed by atoms with Gasteiger partial charge in [-0.1, -0.05) is 13.8 Å². The molecule has 20 heavy (non-hydrogen) atoms. The fraction of sp³-hybridized carbons (Fsp3) is 0.500. The summed E-state index contributed by atoms with van der Waals surface area (Å²) in [6.45, 7) is 9.03. The van der Waals surface area contributed by atoms with Gasteiger partial charge in [0.1, 0.15) is 0 Å². The third kappa shape index (κ3) is 4.05. The number of carbonyl (C=O) groups excluding carboxylic acids is 1. The number of carbonyl (C=O) groups is 1.